The molecule has 0 unspecified atom stereocenters. The first-order chi connectivity index (χ1) is 15.3. The predicted molar refractivity (Wildman–Crippen MR) is 131 cm³/mol. The van der Waals surface area contributed by atoms with Gasteiger partial charge in [0, 0.05) is 32.7 Å². The molecule has 2 aromatic carbocycles. The van der Waals surface area contributed by atoms with Crippen molar-refractivity contribution in [1.29, 1.82) is 0 Å². The van der Waals surface area contributed by atoms with E-state index in [0.717, 1.165) is 57.7 Å². The highest BCUT2D eigenvalue weighted by Crippen LogP contribution is 2.28. The van der Waals surface area contributed by atoms with E-state index in [-0.39, 0.29) is 18.0 Å². The summed E-state index contributed by atoms with van der Waals surface area (Å²) in [4.78, 5) is 17.4. The van der Waals surface area contributed by atoms with Crippen LogP contribution >= 0.6 is 12.4 Å². The third-order valence-corrected chi connectivity index (χ3v) is 5.85. The molecule has 0 saturated carbocycles. The Bertz CT molecular complexity index is 1050. The molecule has 0 amide bonds. The van der Waals surface area contributed by atoms with Gasteiger partial charge in [-0.15, -0.1) is 17.5 Å². The molecule has 8 heteroatoms. The second-order valence-corrected chi connectivity index (χ2v) is 7.92. The summed E-state index contributed by atoms with van der Waals surface area (Å²) in [5.41, 5.74) is 1.81. The molecule has 1 aromatic heterocycles. The van der Waals surface area contributed by atoms with Crippen molar-refractivity contribution < 1.29 is 4.74 Å². The van der Waals surface area contributed by atoms with Crippen LogP contribution in [0, 0.1) is 0 Å². The summed E-state index contributed by atoms with van der Waals surface area (Å²) in [6.45, 7) is 8.61. The van der Waals surface area contributed by atoms with Crippen LogP contribution in [0.3, 0.4) is 0 Å². The third-order valence-electron chi connectivity index (χ3n) is 5.85. The molecule has 32 heavy (non-hydrogen) atoms. The van der Waals surface area contributed by atoms with Gasteiger partial charge in [0.2, 0.25) is 0 Å². The van der Waals surface area contributed by atoms with E-state index in [9.17, 15) is 4.79 Å². The van der Waals surface area contributed by atoms with Crippen LogP contribution in [0.2, 0.25) is 0 Å². The van der Waals surface area contributed by atoms with Crippen molar-refractivity contribution in [1.82, 2.24) is 19.9 Å². The van der Waals surface area contributed by atoms with Crippen LogP contribution in [0.15, 0.2) is 53.3 Å². The largest absolute Gasteiger partial charge is 0.492 e. The molecular weight excluding hydrogens is 426 g/mol. The Morgan fingerprint density at radius 3 is 2.44 bits per heavy atom. The third kappa shape index (κ3) is 5.78. The molecule has 0 atom stereocenters. The van der Waals surface area contributed by atoms with Gasteiger partial charge in [0.05, 0.1) is 17.7 Å². The lowest BCUT2D eigenvalue weighted by molar-refractivity contribution is 0.250. The molecule has 0 N–H and O–H groups in total. The molecule has 4 rings (SSSR count). The lowest BCUT2D eigenvalue weighted by Gasteiger charge is -2.36. The first-order valence-corrected chi connectivity index (χ1v) is 11.3. The standard InChI is InChI=1S/C24H31N5O2.ClH/c1-2-31-23-13-7-6-12-22(23)28-18-16-27(17-19-28)14-8-3-9-15-29-24(30)20-10-4-5-11-21(20)25-26-29;/h4-7,10-13H,2-3,8-9,14-19H2,1H3;1H. The summed E-state index contributed by atoms with van der Waals surface area (Å²) < 4.78 is 7.29. The first kappa shape index (κ1) is 24.0. The molecular formula is C24H32ClN5O2. The monoisotopic (exact) mass is 457 g/mol. The number of halogens is 1. The summed E-state index contributed by atoms with van der Waals surface area (Å²) in [5, 5.41) is 8.87. The zero-order valence-corrected chi connectivity index (χ0v) is 19.5. The average molecular weight is 458 g/mol. The summed E-state index contributed by atoms with van der Waals surface area (Å²) >= 11 is 0. The summed E-state index contributed by atoms with van der Waals surface area (Å²) in [6, 6.07) is 15.7. The van der Waals surface area contributed by atoms with Crippen LogP contribution in [0.25, 0.3) is 10.9 Å². The van der Waals surface area contributed by atoms with Crippen molar-refractivity contribution in [2.45, 2.75) is 32.7 Å². The van der Waals surface area contributed by atoms with Gasteiger partial charge in [0.1, 0.15) is 11.3 Å². The summed E-state index contributed by atoms with van der Waals surface area (Å²) in [6.07, 6.45) is 3.15. The van der Waals surface area contributed by atoms with Gasteiger partial charge in [-0.3, -0.25) is 9.69 Å². The molecule has 0 aliphatic carbocycles. The van der Waals surface area contributed by atoms with Crippen LogP contribution in [0.5, 0.6) is 5.75 Å². The molecule has 7 nitrogen and oxygen atoms in total. The minimum atomic E-state index is -0.0472. The van der Waals surface area contributed by atoms with E-state index < -0.39 is 0 Å². The number of aryl methyl sites for hydroxylation is 1. The highest BCUT2D eigenvalue weighted by molar-refractivity contribution is 5.85. The van der Waals surface area contributed by atoms with Crippen LogP contribution in [0.1, 0.15) is 26.2 Å². The number of nitrogens with zero attached hydrogens (tertiary/aromatic N) is 5. The number of ether oxygens (including phenoxy) is 1. The van der Waals surface area contributed by atoms with Gasteiger partial charge in [0.15, 0.2) is 0 Å². The number of benzene rings is 2. The number of hydrogen-bond donors (Lipinski definition) is 0. The Kier molecular flexibility index (Phi) is 8.88. The van der Waals surface area contributed by atoms with Gasteiger partial charge in [-0.05, 0) is 50.6 Å². The van der Waals surface area contributed by atoms with Crippen LogP contribution in [-0.4, -0.2) is 59.2 Å². The zero-order valence-electron chi connectivity index (χ0n) is 18.7. The van der Waals surface area contributed by atoms with Gasteiger partial charge < -0.3 is 9.64 Å². The molecule has 2 heterocycles. The van der Waals surface area contributed by atoms with Crippen LogP contribution in [0.4, 0.5) is 5.69 Å². The van der Waals surface area contributed by atoms with Crippen molar-refractivity contribution in [3.8, 4) is 5.75 Å². The van der Waals surface area contributed by atoms with Crippen molar-refractivity contribution in [2.75, 3.05) is 44.2 Å². The second kappa shape index (κ2) is 11.8. The topological polar surface area (TPSA) is 63.5 Å². The molecule has 1 aliphatic heterocycles. The maximum absolute atomic E-state index is 12.5. The summed E-state index contributed by atoms with van der Waals surface area (Å²) in [7, 11) is 0. The quantitative estimate of drug-likeness (QED) is 0.457. The van der Waals surface area contributed by atoms with E-state index >= 15 is 0 Å². The predicted octanol–water partition coefficient (Wildman–Crippen LogP) is 3.60. The maximum Gasteiger partial charge on any atom is 0.277 e. The highest BCUT2D eigenvalue weighted by atomic mass is 35.5. The second-order valence-electron chi connectivity index (χ2n) is 7.92. The van der Waals surface area contributed by atoms with E-state index in [2.05, 4.69) is 38.3 Å². The number of fused-ring (bicyclic) bond motifs is 1. The Labute approximate surface area is 195 Å². The van der Waals surface area contributed by atoms with E-state index in [1.54, 1.807) is 0 Å². The summed E-state index contributed by atoms with van der Waals surface area (Å²) in [5.74, 6) is 0.977. The van der Waals surface area contributed by atoms with Gasteiger partial charge in [-0.25, -0.2) is 4.68 Å². The Morgan fingerprint density at radius 1 is 0.906 bits per heavy atom. The van der Waals surface area contributed by atoms with Crippen molar-refractivity contribution in [3.05, 3.63) is 58.9 Å². The maximum atomic E-state index is 12.5. The Hall–Kier alpha value is -2.64. The molecule has 1 aliphatic rings. The van der Waals surface area contributed by atoms with Gasteiger partial charge in [0.25, 0.3) is 5.56 Å². The average Bonchev–Trinajstić information content (AvgIpc) is 2.81. The van der Waals surface area contributed by atoms with E-state index in [1.165, 1.54) is 10.4 Å². The fourth-order valence-corrected chi connectivity index (χ4v) is 4.15. The molecule has 0 spiro atoms. The molecule has 1 fully saturated rings. The Morgan fingerprint density at radius 2 is 1.62 bits per heavy atom. The lowest BCUT2D eigenvalue weighted by Crippen LogP contribution is -2.46. The normalized spacial score (nSPS) is 14.3. The molecule has 172 valence electrons. The minimum Gasteiger partial charge on any atom is -0.492 e. The van der Waals surface area contributed by atoms with Gasteiger partial charge in [-0.1, -0.05) is 35.9 Å². The fourth-order valence-electron chi connectivity index (χ4n) is 4.15. The SMILES string of the molecule is CCOc1ccccc1N1CCN(CCCCCn2nnc3ccccc3c2=O)CC1.Cl. The van der Waals surface area contributed by atoms with Crippen molar-refractivity contribution in [3.63, 3.8) is 0 Å². The molecule has 1 saturated heterocycles. The van der Waals surface area contributed by atoms with Crippen LogP contribution < -0.4 is 15.2 Å². The number of aromatic nitrogens is 3. The lowest BCUT2D eigenvalue weighted by atomic mass is 10.2. The highest BCUT2D eigenvalue weighted by Gasteiger charge is 2.19. The molecule has 3 aromatic rings. The van der Waals surface area contributed by atoms with Gasteiger partial charge >= 0.3 is 0 Å². The van der Waals surface area contributed by atoms with Crippen molar-refractivity contribution in [2.24, 2.45) is 0 Å². The first-order valence-electron chi connectivity index (χ1n) is 11.3. The molecule has 0 radical (unpaired) electrons. The molecule has 0 bridgehead atoms. The smallest absolute Gasteiger partial charge is 0.277 e. The Balaban J connectivity index is 0.00000289. The number of rotatable bonds is 9. The number of para-hydroxylation sites is 2. The van der Waals surface area contributed by atoms with Gasteiger partial charge in [-0.2, -0.15) is 0 Å². The number of anilines is 1. The van der Waals surface area contributed by atoms with E-state index in [0.29, 0.717) is 24.1 Å². The zero-order chi connectivity index (χ0) is 21.5. The van der Waals surface area contributed by atoms with Crippen molar-refractivity contribution >= 4 is 29.0 Å². The van der Waals surface area contributed by atoms with E-state index in [4.69, 9.17) is 4.74 Å². The number of unbranched alkanes of at least 4 members (excludes halogenated alkanes) is 2. The minimum absolute atomic E-state index is 0. The fraction of sp³-hybridized carbons (Fsp3) is 0.458. The number of piperazine rings is 1. The van der Waals surface area contributed by atoms with Crippen LogP contribution in [-0.2, 0) is 6.54 Å². The van der Waals surface area contributed by atoms with E-state index in [1.807, 2.05) is 37.3 Å². The number of hydrogen-bond acceptors (Lipinski definition) is 6.